The van der Waals surface area contributed by atoms with Gasteiger partial charge in [0, 0.05) is 0 Å². The SMILES string of the molecule is O=Cc1ccc(OCC2CC2)s1. The average molecular weight is 182 g/mol. The minimum atomic E-state index is 0.737. The van der Waals surface area contributed by atoms with Crippen LogP contribution in [0.4, 0.5) is 0 Å². The Morgan fingerprint density at radius 1 is 1.58 bits per heavy atom. The Hall–Kier alpha value is -0.830. The molecule has 1 fully saturated rings. The number of thiophene rings is 1. The van der Waals surface area contributed by atoms with Crippen LogP contribution in [0.3, 0.4) is 0 Å². The van der Waals surface area contributed by atoms with Crippen LogP contribution < -0.4 is 4.74 Å². The van der Waals surface area contributed by atoms with Crippen molar-refractivity contribution in [3.05, 3.63) is 17.0 Å². The van der Waals surface area contributed by atoms with Gasteiger partial charge in [0.05, 0.1) is 11.5 Å². The van der Waals surface area contributed by atoms with Crippen molar-refractivity contribution in [3.63, 3.8) is 0 Å². The number of ether oxygens (including phenoxy) is 1. The van der Waals surface area contributed by atoms with Gasteiger partial charge in [0.15, 0.2) is 11.3 Å². The Balaban J connectivity index is 1.88. The zero-order valence-electron chi connectivity index (χ0n) is 6.66. The number of hydrogen-bond donors (Lipinski definition) is 0. The summed E-state index contributed by atoms with van der Waals surface area (Å²) in [4.78, 5) is 11.1. The quantitative estimate of drug-likeness (QED) is 0.668. The van der Waals surface area contributed by atoms with Crippen molar-refractivity contribution in [3.8, 4) is 5.06 Å². The molecule has 2 rings (SSSR count). The van der Waals surface area contributed by atoms with Crippen LogP contribution in [-0.2, 0) is 0 Å². The monoisotopic (exact) mass is 182 g/mol. The molecule has 0 atom stereocenters. The second-order valence-corrected chi connectivity index (χ2v) is 4.11. The van der Waals surface area contributed by atoms with Crippen LogP contribution in [0.2, 0.25) is 0 Å². The van der Waals surface area contributed by atoms with Crippen LogP contribution in [0, 0.1) is 5.92 Å². The summed E-state index contributed by atoms with van der Waals surface area (Å²) in [5.74, 6) is 0.770. The van der Waals surface area contributed by atoms with E-state index >= 15 is 0 Å². The molecular formula is C9H10O2S. The van der Waals surface area contributed by atoms with Crippen LogP contribution in [0.1, 0.15) is 22.5 Å². The van der Waals surface area contributed by atoms with Gasteiger partial charge < -0.3 is 4.74 Å². The molecule has 0 radical (unpaired) electrons. The van der Waals surface area contributed by atoms with Crippen molar-refractivity contribution in [1.29, 1.82) is 0 Å². The first kappa shape index (κ1) is 7.80. The molecule has 0 saturated heterocycles. The third-order valence-corrected chi connectivity index (χ3v) is 2.80. The third-order valence-electron chi connectivity index (χ3n) is 1.88. The third kappa shape index (κ3) is 1.85. The molecule has 0 amide bonds. The predicted octanol–water partition coefficient (Wildman–Crippen LogP) is 2.35. The van der Waals surface area contributed by atoms with Crippen LogP contribution in [0.15, 0.2) is 12.1 Å². The van der Waals surface area contributed by atoms with E-state index in [0.717, 1.165) is 28.8 Å². The van der Waals surface area contributed by atoms with E-state index in [1.54, 1.807) is 6.07 Å². The van der Waals surface area contributed by atoms with Crippen molar-refractivity contribution < 1.29 is 9.53 Å². The summed E-state index contributed by atoms with van der Waals surface area (Å²) in [5.41, 5.74) is 0. The molecule has 1 saturated carbocycles. The number of hydrogen-bond acceptors (Lipinski definition) is 3. The fraction of sp³-hybridized carbons (Fsp3) is 0.444. The highest BCUT2D eigenvalue weighted by molar-refractivity contribution is 7.15. The first-order valence-corrected chi connectivity index (χ1v) is 4.88. The molecule has 1 aromatic heterocycles. The molecule has 64 valence electrons. The van der Waals surface area contributed by atoms with Gasteiger partial charge in [0.25, 0.3) is 0 Å². The van der Waals surface area contributed by atoms with Gasteiger partial charge in [0.1, 0.15) is 0 Å². The van der Waals surface area contributed by atoms with Crippen molar-refractivity contribution in [1.82, 2.24) is 0 Å². The van der Waals surface area contributed by atoms with Crippen LogP contribution >= 0.6 is 11.3 Å². The van der Waals surface area contributed by atoms with E-state index < -0.39 is 0 Å². The Morgan fingerprint density at radius 3 is 3.00 bits per heavy atom. The molecule has 3 heteroatoms. The van der Waals surface area contributed by atoms with Gasteiger partial charge in [-0.25, -0.2) is 0 Å². The molecule has 0 spiro atoms. The average Bonchev–Trinajstić information content (AvgIpc) is 2.81. The van der Waals surface area contributed by atoms with E-state index in [9.17, 15) is 4.79 Å². The van der Waals surface area contributed by atoms with Gasteiger partial charge in [-0.1, -0.05) is 11.3 Å². The van der Waals surface area contributed by atoms with E-state index in [2.05, 4.69) is 0 Å². The zero-order chi connectivity index (χ0) is 8.39. The molecular weight excluding hydrogens is 172 g/mol. The molecule has 0 bridgehead atoms. The lowest BCUT2D eigenvalue weighted by Gasteiger charge is -1.99. The standard InChI is InChI=1S/C9H10O2S/c10-5-8-3-4-9(12-8)11-6-7-1-2-7/h3-5,7H,1-2,6H2. The van der Waals surface area contributed by atoms with Crippen molar-refractivity contribution in [2.75, 3.05) is 6.61 Å². The number of carbonyl (C=O) groups excluding carboxylic acids is 1. The van der Waals surface area contributed by atoms with Crippen LogP contribution in [0.5, 0.6) is 5.06 Å². The number of carbonyl (C=O) groups is 1. The van der Waals surface area contributed by atoms with E-state index in [1.807, 2.05) is 6.07 Å². The maximum atomic E-state index is 10.3. The van der Waals surface area contributed by atoms with Gasteiger partial charge >= 0.3 is 0 Å². The summed E-state index contributed by atoms with van der Waals surface area (Å²) < 4.78 is 5.47. The summed E-state index contributed by atoms with van der Waals surface area (Å²) >= 11 is 1.41. The summed E-state index contributed by atoms with van der Waals surface area (Å²) in [6, 6.07) is 3.65. The molecule has 0 aromatic carbocycles. The largest absolute Gasteiger partial charge is 0.484 e. The Labute approximate surface area is 75.2 Å². The highest BCUT2D eigenvalue weighted by atomic mass is 32.1. The lowest BCUT2D eigenvalue weighted by Crippen LogP contribution is -1.96. The molecule has 1 aliphatic rings. The molecule has 12 heavy (non-hydrogen) atoms. The summed E-state index contributed by atoms with van der Waals surface area (Å²) in [7, 11) is 0. The molecule has 0 aliphatic heterocycles. The highest BCUT2D eigenvalue weighted by Crippen LogP contribution is 2.31. The fourth-order valence-electron chi connectivity index (χ4n) is 0.960. The van der Waals surface area contributed by atoms with Crippen LogP contribution in [-0.4, -0.2) is 12.9 Å². The number of aldehydes is 1. The van der Waals surface area contributed by atoms with Gasteiger partial charge in [-0.05, 0) is 30.9 Å². The molecule has 1 heterocycles. The first-order chi connectivity index (χ1) is 5.88. The maximum Gasteiger partial charge on any atom is 0.174 e. The molecule has 0 N–H and O–H groups in total. The summed E-state index contributed by atoms with van der Waals surface area (Å²) in [6.45, 7) is 0.818. The van der Waals surface area contributed by atoms with Gasteiger partial charge in [-0.2, -0.15) is 0 Å². The molecule has 0 unspecified atom stereocenters. The predicted molar refractivity (Wildman–Crippen MR) is 47.9 cm³/mol. The lowest BCUT2D eigenvalue weighted by molar-refractivity contribution is 0.112. The smallest absolute Gasteiger partial charge is 0.174 e. The highest BCUT2D eigenvalue weighted by Gasteiger charge is 2.22. The zero-order valence-corrected chi connectivity index (χ0v) is 7.47. The minimum absolute atomic E-state index is 0.737. The van der Waals surface area contributed by atoms with Crippen LogP contribution in [0.25, 0.3) is 0 Å². The van der Waals surface area contributed by atoms with Crippen molar-refractivity contribution in [2.45, 2.75) is 12.8 Å². The lowest BCUT2D eigenvalue weighted by atomic mass is 10.5. The van der Waals surface area contributed by atoms with Gasteiger partial charge in [0.2, 0.25) is 0 Å². The first-order valence-electron chi connectivity index (χ1n) is 4.06. The molecule has 2 nitrogen and oxygen atoms in total. The van der Waals surface area contributed by atoms with E-state index in [0.29, 0.717) is 0 Å². The normalized spacial score (nSPS) is 16.0. The van der Waals surface area contributed by atoms with Gasteiger partial charge in [-0.15, -0.1) is 0 Å². The molecule has 1 aliphatic carbocycles. The van der Waals surface area contributed by atoms with Crippen molar-refractivity contribution >= 4 is 17.6 Å². The fourth-order valence-corrected chi connectivity index (χ4v) is 1.64. The Bertz CT molecular complexity index is 276. The second kappa shape index (κ2) is 3.27. The maximum absolute atomic E-state index is 10.3. The van der Waals surface area contributed by atoms with E-state index in [-0.39, 0.29) is 0 Å². The summed E-state index contributed by atoms with van der Waals surface area (Å²) in [5, 5.41) is 0.865. The summed E-state index contributed by atoms with van der Waals surface area (Å²) in [6.07, 6.45) is 3.45. The Kier molecular flexibility index (Phi) is 2.13. The van der Waals surface area contributed by atoms with Gasteiger partial charge in [-0.3, -0.25) is 4.79 Å². The molecule has 1 aromatic rings. The topological polar surface area (TPSA) is 26.3 Å². The number of rotatable bonds is 4. The van der Waals surface area contributed by atoms with E-state index in [4.69, 9.17) is 4.74 Å². The minimum Gasteiger partial charge on any atom is -0.484 e. The second-order valence-electron chi connectivity index (χ2n) is 3.03. The Morgan fingerprint density at radius 2 is 2.42 bits per heavy atom. The van der Waals surface area contributed by atoms with Crippen molar-refractivity contribution in [2.24, 2.45) is 5.92 Å². The van der Waals surface area contributed by atoms with E-state index in [1.165, 1.54) is 24.2 Å².